The van der Waals surface area contributed by atoms with Gasteiger partial charge in [0.1, 0.15) is 0 Å². The number of H-pyrrole nitrogens is 1. The summed E-state index contributed by atoms with van der Waals surface area (Å²) in [5.41, 5.74) is 5.64. The Morgan fingerprint density at radius 1 is 1.04 bits per heavy atom. The van der Waals surface area contributed by atoms with Gasteiger partial charge in [-0.05, 0) is 43.2 Å². The fourth-order valence-corrected chi connectivity index (χ4v) is 2.90. The standard InChI is InChI=1S/C19H21NO3/c1-12-6-5-7-14(10-12)18-13(2)17-15(20-18)8-9-16(22-4)19(17)23-11-21-3/h5-10,20H,11H2,1-4H3. The average molecular weight is 311 g/mol. The SMILES string of the molecule is COCOc1c(OC)ccc2[nH]c(-c3cccc(C)c3)c(C)c12. The summed E-state index contributed by atoms with van der Waals surface area (Å²) in [6.45, 7) is 4.37. The number of ether oxygens (including phenoxy) is 3. The molecule has 120 valence electrons. The number of benzene rings is 2. The van der Waals surface area contributed by atoms with Crippen molar-refractivity contribution in [1.29, 1.82) is 0 Å². The molecule has 0 atom stereocenters. The average Bonchev–Trinajstić information content (AvgIpc) is 2.90. The molecule has 1 heterocycles. The summed E-state index contributed by atoms with van der Waals surface area (Å²) >= 11 is 0. The van der Waals surface area contributed by atoms with Gasteiger partial charge in [-0.3, -0.25) is 0 Å². The van der Waals surface area contributed by atoms with Crippen LogP contribution in [-0.2, 0) is 4.74 Å². The highest BCUT2D eigenvalue weighted by atomic mass is 16.7. The van der Waals surface area contributed by atoms with Gasteiger partial charge in [-0.2, -0.15) is 0 Å². The highest BCUT2D eigenvalue weighted by Gasteiger charge is 2.17. The molecule has 0 radical (unpaired) electrons. The van der Waals surface area contributed by atoms with Crippen LogP contribution in [0.25, 0.3) is 22.2 Å². The van der Waals surface area contributed by atoms with Crippen molar-refractivity contribution in [2.75, 3.05) is 21.0 Å². The van der Waals surface area contributed by atoms with Gasteiger partial charge in [-0.25, -0.2) is 0 Å². The quantitative estimate of drug-likeness (QED) is 0.708. The molecule has 3 rings (SSSR count). The molecule has 0 saturated heterocycles. The first-order chi connectivity index (χ1) is 11.2. The van der Waals surface area contributed by atoms with Gasteiger partial charge in [-0.15, -0.1) is 0 Å². The van der Waals surface area contributed by atoms with Crippen molar-refractivity contribution in [2.45, 2.75) is 13.8 Å². The molecule has 0 fully saturated rings. The van der Waals surface area contributed by atoms with E-state index in [1.54, 1.807) is 14.2 Å². The zero-order valence-electron chi connectivity index (χ0n) is 13.9. The Labute approximate surface area is 136 Å². The van der Waals surface area contributed by atoms with E-state index in [0.29, 0.717) is 11.5 Å². The second-order valence-electron chi connectivity index (χ2n) is 5.56. The molecule has 0 spiro atoms. The Hall–Kier alpha value is -2.46. The Morgan fingerprint density at radius 3 is 2.57 bits per heavy atom. The van der Waals surface area contributed by atoms with Crippen molar-refractivity contribution in [2.24, 2.45) is 0 Å². The van der Waals surface area contributed by atoms with Crippen molar-refractivity contribution in [3.05, 3.63) is 47.5 Å². The monoisotopic (exact) mass is 311 g/mol. The van der Waals surface area contributed by atoms with Crippen molar-refractivity contribution < 1.29 is 14.2 Å². The predicted octanol–water partition coefficient (Wildman–Crippen LogP) is 4.44. The summed E-state index contributed by atoms with van der Waals surface area (Å²) in [5, 5.41) is 1.03. The van der Waals surface area contributed by atoms with E-state index in [-0.39, 0.29) is 6.79 Å². The second kappa shape index (κ2) is 6.34. The molecule has 0 aliphatic carbocycles. The molecule has 2 aromatic carbocycles. The van der Waals surface area contributed by atoms with Gasteiger partial charge in [0.25, 0.3) is 0 Å². The van der Waals surface area contributed by atoms with Crippen molar-refractivity contribution in [3.8, 4) is 22.8 Å². The number of fused-ring (bicyclic) bond motifs is 1. The first kappa shape index (κ1) is 15.4. The van der Waals surface area contributed by atoms with Crippen LogP contribution in [0.2, 0.25) is 0 Å². The lowest BCUT2D eigenvalue weighted by atomic mass is 10.0. The molecule has 0 aliphatic rings. The van der Waals surface area contributed by atoms with E-state index < -0.39 is 0 Å². The van der Waals surface area contributed by atoms with E-state index in [0.717, 1.165) is 27.7 Å². The maximum Gasteiger partial charge on any atom is 0.188 e. The maximum absolute atomic E-state index is 5.78. The first-order valence-corrected chi connectivity index (χ1v) is 7.53. The largest absolute Gasteiger partial charge is 0.493 e. The normalized spacial score (nSPS) is 11.0. The molecular weight excluding hydrogens is 290 g/mol. The fraction of sp³-hybridized carbons (Fsp3) is 0.263. The van der Waals surface area contributed by atoms with Gasteiger partial charge in [0.05, 0.1) is 12.6 Å². The highest BCUT2D eigenvalue weighted by molar-refractivity contribution is 5.96. The number of rotatable bonds is 5. The van der Waals surface area contributed by atoms with Crippen LogP contribution in [0.1, 0.15) is 11.1 Å². The number of hydrogen-bond donors (Lipinski definition) is 1. The molecule has 0 amide bonds. The minimum absolute atomic E-state index is 0.180. The van der Waals surface area contributed by atoms with Crippen LogP contribution < -0.4 is 9.47 Å². The number of methoxy groups -OCH3 is 2. The van der Waals surface area contributed by atoms with E-state index in [1.807, 2.05) is 12.1 Å². The molecule has 1 aromatic heterocycles. The molecule has 0 saturated carbocycles. The van der Waals surface area contributed by atoms with Crippen LogP contribution in [0.15, 0.2) is 36.4 Å². The molecule has 23 heavy (non-hydrogen) atoms. The Bertz CT molecular complexity index is 836. The van der Waals surface area contributed by atoms with Crippen LogP contribution >= 0.6 is 0 Å². The van der Waals surface area contributed by atoms with Crippen LogP contribution in [-0.4, -0.2) is 26.0 Å². The minimum Gasteiger partial charge on any atom is -0.493 e. The van der Waals surface area contributed by atoms with Crippen LogP contribution in [0.3, 0.4) is 0 Å². The summed E-state index contributed by atoms with van der Waals surface area (Å²) < 4.78 is 16.3. The smallest absolute Gasteiger partial charge is 0.188 e. The molecule has 0 unspecified atom stereocenters. The van der Waals surface area contributed by atoms with Gasteiger partial charge in [0.2, 0.25) is 0 Å². The number of aromatic nitrogens is 1. The van der Waals surface area contributed by atoms with Crippen molar-refractivity contribution >= 4 is 10.9 Å². The third-order valence-corrected chi connectivity index (χ3v) is 3.98. The lowest BCUT2D eigenvalue weighted by Gasteiger charge is -2.11. The van der Waals surface area contributed by atoms with E-state index in [9.17, 15) is 0 Å². The highest BCUT2D eigenvalue weighted by Crippen LogP contribution is 2.41. The second-order valence-corrected chi connectivity index (χ2v) is 5.56. The molecule has 1 N–H and O–H groups in total. The maximum atomic E-state index is 5.78. The topological polar surface area (TPSA) is 43.5 Å². The third kappa shape index (κ3) is 2.78. The first-order valence-electron chi connectivity index (χ1n) is 7.53. The summed E-state index contributed by atoms with van der Waals surface area (Å²) in [5.74, 6) is 1.41. The molecule has 4 heteroatoms. The van der Waals surface area contributed by atoms with Gasteiger partial charge in [-0.1, -0.05) is 23.8 Å². The van der Waals surface area contributed by atoms with Gasteiger partial charge in [0.15, 0.2) is 18.3 Å². The van der Waals surface area contributed by atoms with Crippen LogP contribution in [0, 0.1) is 13.8 Å². The van der Waals surface area contributed by atoms with E-state index in [4.69, 9.17) is 14.2 Å². The summed E-state index contributed by atoms with van der Waals surface area (Å²) in [6.07, 6.45) is 0. The van der Waals surface area contributed by atoms with Crippen molar-refractivity contribution in [3.63, 3.8) is 0 Å². The Morgan fingerprint density at radius 2 is 1.87 bits per heavy atom. The predicted molar refractivity (Wildman–Crippen MR) is 92.3 cm³/mol. The lowest BCUT2D eigenvalue weighted by molar-refractivity contribution is 0.0503. The molecule has 4 nitrogen and oxygen atoms in total. The lowest BCUT2D eigenvalue weighted by Crippen LogP contribution is -2.01. The fourth-order valence-electron chi connectivity index (χ4n) is 2.90. The summed E-state index contributed by atoms with van der Waals surface area (Å²) in [6, 6.07) is 12.4. The number of aryl methyl sites for hydroxylation is 2. The zero-order chi connectivity index (χ0) is 16.4. The molecule has 3 aromatic rings. The summed E-state index contributed by atoms with van der Waals surface area (Å²) in [7, 11) is 3.25. The van der Waals surface area contributed by atoms with Gasteiger partial charge in [0, 0.05) is 18.2 Å². The molecule has 0 bridgehead atoms. The molecular formula is C19H21NO3. The summed E-state index contributed by atoms with van der Waals surface area (Å²) in [4.78, 5) is 3.50. The Balaban J connectivity index is 2.22. The molecule has 0 aliphatic heterocycles. The minimum atomic E-state index is 0.180. The van der Waals surface area contributed by atoms with Crippen LogP contribution in [0.4, 0.5) is 0 Å². The zero-order valence-corrected chi connectivity index (χ0v) is 13.9. The van der Waals surface area contributed by atoms with Gasteiger partial charge < -0.3 is 19.2 Å². The van der Waals surface area contributed by atoms with Crippen molar-refractivity contribution in [1.82, 2.24) is 4.98 Å². The van der Waals surface area contributed by atoms with E-state index in [1.165, 1.54) is 5.56 Å². The van der Waals surface area contributed by atoms with Crippen LogP contribution in [0.5, 0.6) is 11.5 Å². The Kier molecular flexibility index (Phi) is 4.26. The van der Waals surface area contributed by atoms with Gasteiger partial charge >= 0.3 is 0 Å². The number of nitrogens with one attached hydrogen (secondary N) is 1. The van der Waals surface area contributed by atoms with E-state index >= 15 is 0 Å². The number of aromatic amines is 1. The third-order valence-electron chi connectivity index (χ3n) is 3.98. The van der Waals surface area contributed by atoms with E-state index in [2.05, 4.69) is 43.1 Å². The number of hydrogen-bond acceptors (Lipinski definition) is 3.